The molecule has 8 heavy (non-hydrogen) atoms. The molecule has 0 aromatic heterocycles. The fourth-order valence-electron chi connectivity index (χ4n) is 0.143. The summed E-state index contributed by atoms with van der Waals surface area (Å²) in [5, 5.41) is 8.07. The molecule has 0 aromatic carbocycles. The second-order valence-corrected chi connectivity index (χ2v) is 3.78. The first-order valence-corrected chi connectivity index (χ1v) is 4.22. The lowest BCUT2D eigenvalue weighted by Gasteiger charge is -1.91. The predicted octanol–water partition coefficient (Wildman–Crippen LogP) is -0.325. The largest absolute Gasteiger partial charge is 0.395 e. The topological polar surface area (TPSA) is 63.6 Å². The first kappa shape index (κ1) is 8.60. The molecule has 0 amide bonds. The van der Waals surface area contributed by atoms with E-state index in [0.29, 0.717) is 0 Å². The van der Waals surface area contributed by atoms with Crippen LogP contribution in [0.5, 0.6) is 0 Å². The maximum absolute atomic E-state index is 10.2. The SMILES string of the molecule is O=S(=O)(CCO)OI. The van der Waals surface area contributed by atoms with E-state index in [2.05, 4.69) is 2.51 Å². The van der Waals surface area contributed by atoms with Gasteiger partial charge in [-0.05, 0) is 0 Å². The maximum atomic E-state index is 10.2. The van der Waals surface area contributed by atoms with Gasteiger partial charge in [0.25, 0.3) is 10.1 Å². The van der Waals surface area contributed by atoms with Crippen molar-refractivity contribution in [3.63, 3.8) is 0 Å². The molecule has 0 unspecified atom stereocenters. The minimum Gasteiger partial charge on any atom is -0.395 e. The average Bonchev–Trinajstić information content (AvgIpc) is 1.67. The second-order valence-electron chi connectivity index (χ2n) is 1.05. The molecule has 0 rings (SSSR count). The van der Waals surface area contributed by atoms with Gasteiger partial charge in [0, 0.05) is 0 Å². The Morgan fingerprint density at radius 3 is 2.25 bits per heavy atom. The van der Waals surface area contributed by atoms with Gasteiger partial charge in [0.1, 0.15) is 23.0 Å². The van der Waals surface area contributed by atoms with E-state index >= 15 is 0 Å². The van der Waals surface area contributed by atoms with E-state index < -0.39 is 16.7 Å². The van der Waals surface area contributed by atoms with Crippen LogP contribution in [-0.4, -0.2) is 25.9 Å². The van der Waals surface area contributed by atoms with Crippen molar-refractivity contribution in [1.82, 2.24) is 0 Å². The summed E-state index contributed by atoms with van der Waals surface area (Å²) in [6, 6.07) is 0. The van der Waals surface area contributed by atoms with Crippen molar-refractivity contribution < 1.29 is 16.0 Å². The van der Waals surface area contributed by atoms with E-state index in [-0.39, 0.29) is 5.75 Å². The summed E-state index contributed by atoms with van der Waals surface area (Å²) in [4.78, 5) is 0. The van der Waals surface area contributed by atoms with Crippen LogP contribution in [0.2, 0.25) is 0 Å². The van der Waals surface area contributed by atoms with E-state index in [0.717, 1.165) is 0 Å². The second kappa shape index (κ2) is 3.59. The summed E-state index contributed by atoms with van der Waals surface area (Å²) < 4.78 is 24.4. The molecule has 1 N–H and O–H groups in total. The standard InChI is InChI=1S/C2H5IO4S/c3-7-8(5,6)2-1-4/h4H,1-2H2. The molecule has 0 atom stereocenters. The van der Waals surface area contributed by atoms with Crippen molar-refractivity contribution in [2.45, 2.75) is 0 Å². The van der Waals surface area contributed by atoms with Crippen LogP contribution in [0.4, 0.5) is 0 Å². The third-order valence-electron chi connectivity index (χ3n) is 0.437. The number of rotatable bonds is 3. The van der Waals surface area contributed by atoms with Crippen LogP contribution in [-0.2, 0) is 12.6 Å². The van der Waals surface area contributed by atoms with Crippen molar-refractivity contribution in [1.29, 1.82) is 0 Å². The van der Waals surface area contributed by atoms with Crippen LogP contribution in [0.15, 0.2) is 0 Å². The lowest BCUT2D eigenvalue weighted by Crippen LogP contribution is -2.07. The van der Waals surface area contributed by atoms with Gasteiger partial charge < -0.3 is 5.11 Å². The highest BCUT2D eigenvalue weighted by Gasteiger charge is 2.06. The van der Waals surface area contributed by atoms with Gasteiger partial charge in [-0.2, -0.15) is 10.9 Å². The summed E-state index contributed by atoms with van der Waals surface area (Å²) in [7, 11) is -3.43. The first-order chi connectivity index (χ1) is 3.62. The summed E-state index contributed by atoms with van der Waals surface area (Å²) in [6.07, 6.45) is 0. The lowest BCUT2D eigenvalue weighted by molar-refractivity contribution is 0.317. The van der Waals surface area contributed by atoms with Gasteiger partial charge >= 0.3 is 0 Å². The molecule has 0 aliphatic carbocycles. The maximum Gasteiger partial charge on any atom is 0.278 e. The van der Waals surface area contributed by atoms with Gasteiger partial charge in [-0.25, -0.2) is 0 Å². The Bertz CT molecular complexity index is 138. The van der Waals surface area contributed by atoms with Crippen molar-refractivity contribution in [2.75, 3.05) is 12.4 Å². The van der Waals surface area contributed by atoms with Crippen LogP contribution >= 0.6 is 23.0 Å². The zero-order valence-corrected chi connectivity index (χ0v) is 6.85. The average molecular weight is 252 g/mol. The summed E-state index contributed by atoms with van der Waals surface area (Å²) in [5.74, 6) is -0.337. The Labute approximate surface area is 61.7 Å². The number of aliphatic hydroxyl groups excluding tert-OH is 1. The van der Waals surface area contributed by atoms with Gasteiger partial charge in [-0.3, -0.25) is 0 Å². The van der Waals surface area contributed by atoms with Gasteiger partial charge in [-0.15, -0.1) is 0 Å². The highest BCUT2D eigenvalue weighted by Crippen LogP contribution is 1.97. The van der Waals surface area contributed by atoms with Crippen LogP contribution < -0.4 is 0 Å². The first-order valence-electron chi connectivity index (χ1n) is 1.76. The zero-order chi connectivity index (χ0) is 6.62. The van der Waals surface area contributed by atoms with E-state index in [1.54, 1.807) is 0 Å². The molecule has 0 heterocycles. The number of hydrogen-bond donors (Lipinski definition) is 1. The molecule has 0 bridgehead atoms. The van der Waals surface area contributed by atoms with Crippen LogP contribution in [0.3, 0.4) is 0 Å². The van der Waals surface area contributed by atoms with E-state index in [4.69, 9.17) is 5.11 Å². The molecule has 0 fully saturated rings. The number of hydrogen-bond acceptors (Lipinski definition) is 4. The summed E-state index contributed by atoms with van der Waals surface area (Å²) in [6.45, 7) is -0.397. The quantitative estimate of drug-likeness (QED) is 0.699. The van der Waals surface area contributed by atoms with E-state index in [1.807, 2.05) is 0 Å². The minimum atomic E-state index is -3.43. The van der Waals surface area contributed by atoms with E-state index in [1.165, 1.54) is 23.0 Å². The molecule has 0 saturated carbocycles. The van der Waals surface area contributed by atoms with Crippen molar-refractivity contribution in [3.05, 3.63) is 0 Å². The molecule has 6 heteroatoms. The molecule has 0 aromatic rings. The molecule has 50 valence electrons. The Kier molecular flexibility index (Phi) is 3.86. The Balaban J connectivity index is 3.76. The molecular weight excluding hydrogens is 247 g/mol. The Morgan fingerprint density at radius 1 is 1.62 bits per heavy atom. The molecule has 0 saturated heterocycles. The predicted molar refractivity (Wildman–Crippen MR) is 36.0 cm³/mol. The normalized spacial score (nSPS) is 11.8. The lowest BCUT2D eigenvalue weighted by atomic mass is 10.9. The van der Waals surface area contributed by atoms with Crippen molar-refractivity contribution in [3.8, 4) is 0 Å². The van der Waals surface area contributed by atoms with Gasteiger partial charge in [0.05, 0.1) is 12.4 Å². The monoisotopic (exact) mass is 252 g/mol. The zero-order valence-electron chi connectivity index (χ0n) is 3.87. The highest BCUT2D eigenvalue weighted by molar-refractivity contribution is 14.1. The van der Waals surface area contributed by atoms with Crippen LogP contribution in [0.1, 0.15) is 0 Å². The van der Waals surface area contributed by atoms with Crippen LogP contribution in [0, 0.1) is 0 Å². The van der Waals surface area contributed by atoms with Gasteiger partial charge in [-0.1, -0.05) is 0 Å². The summed E-state index contributed by atoms with van der Waals surface area (Å²) in [5.41, 5.74) is 0. The molecule has 0 aliphatic rings. The van der Waals surface area contributed by atoms with Crippen molar-refractivity contribution >= 4 is 33.1 Å². The summed E-state index contributed by atoms with van der Waals surface area (Å²) >= 11 is 1.25. The number of aliphatic hydroxyl groups is 1. The molecule has 0 radical (unpaired) electrons. The van der Waals surface area contributed by atoms with E-state index in [9.17, 15) is 8.42 Å². The third-order valence-corrected chi connectivity index (χ3v) is 2.96. The van der Waals surface area contributed by atoms with Gasteiger partial charge in [0.2, 0.25) is 0 Å². The third kappa shape index (κ3) is 3.58. The smallest absolute Gasteiger partial charge is 0.278 e. The fourth-order valence-corrected chi connectivity index (χ4v) is 0.969. The molecule has 0 aliphatic heterocycles. The molecule has 0 spiro atoms. The number of halogens is 1. The van der Waals surface area contributed by atoms with Crippen molar-refractivity contribution in [2.24, 2.45) is 0 Å². The Hall–Kier alpha value is 0.600. The highest BCUT2D eigenvalue weighted by atomic mass is 127. The Morgan fingerprint density at radius 2 is 2.12 bits per heavy atom. The van der Waals surface area contributed by atoms with Gasteiger partial charge in [0.15, 0.2) is 0 Å². The minimum absolute atomic E-state index is 0.337. The molecule has 4 nitrogen and oxygen atoms in total. The fraction of sp³-hybridized carbons (Fsp3) is 1.00. The molecular formula is C2H5IO4S. The van der Waals surface area contributed by atoms with Crippen LogP contribution in [0.25, 0.3) is 0 Å².